The van der Waals surface area contributed by atoms with Crippen molar-refractivity contribution in [3.8, 4) is 0 Å². The molecule has 154 valence electrons. The van der Waals surface area contributed by atoms with Gasteiger partial charge in [0, 0.05) is 29.2 Å². The number of esters is 1. The van der Waals surface area contributed by atoms with E-state index in [9.17, 15) is 14.4 Å². The number of benzene rings is 1. The molecular weight excluding hydrogens is 404 g/mol. The number of methoxy groups -OCH3 is 1. The topological polar surface area (TPSA) is 81.8 Å². The van der Waals surface area contributed by atoms with Gasteiger partial charge in [-0.25, -0.2) is 4.79 Å². The molecule has 3 aromatic rings. The van der Waals surface area contributed by atoms with E-state index in [0.717, 1.165) is 34.6 Å². The standard InChI is InChI=1S/C22H20N2O5S/c1-3-10-24-20(25)19(30-22(24)27)11-14-12-23(17-7-5-4-6-16(14)17)13-15-8-9-18(29-15)21(26)28-2/h4-9,11-12H,3,10,13H2,1-2H3/b19-11-. The SMILES string of the molecule is CCCN1C(=O)S/C(=C\c2cn(Cc3ccc(C(=O)OC)o3)c3ccccc23)C1=O. The summed E-state index contributed by atoms with van der Waals surface area (Å²) in [4.78, 5) is 38.1. The first-order valence-electron chi connectivity index (χ1n) is 9.52. The van der Waals surface area contributed by atoms with Gasteiger partial charge in [-0.2, -0.15) is 0 Å². The number of furan rings is 1. The van der Waals surface area contributed by atoms with Crippen molar-refractivity contribution in [3.63, 3.8) is 0 Å². The Morgan fingerprint density at radius 2 is 2.00 bits per heavy atom. The molecule has 1 saturated heterocycles. The highest BCUT2D eigenvalue weighted by Crippen LogP contribution is 2.34. The van der Waals surface area contributed by atoms with Crippen LogP contribution in [0.3, 0.4) is 0 Å². The number of para-hydroxylation sites is 1. The lowest BCUT2D eigenvalue weighted by atomic mass is 10.1. The largest absolute Gasteiger partial charge is 0.463 e. The molecule has 0 unspecified atom stereocenters. The highest BCUT2D eigenvalue weighted by molar-refractivity contribution is 8.18. The molecule has 0 N–H and O–H groups in total. The second-order valence-electron chi connectivity index (χ2n) is 6.82. The molecule has 0 aliphatic carbocycles. The number of ether oxygens (including phenoxy) is 1. The van der Waals surface area contributed by atoms with E-state index in [2.05, 4.69) is 4.74 Å². The Hall–Kier alpha value is -3.26. The number of hydrogen-bond acceptors (Lipinski definition) is 6. The van der Waals surface area contributed by atoms with Crippen LogP contribution in [0, 0.1) is 0 Å². The Kier molecular flexibility index (Phi) is 5.50. The van der Waals surface area contributed by atoms with Crippen molar-refractivity contribution in [1.29, 1.82) is 0 Å². The molecule has 2 aromatic heterocycles. The number of amides is 2. The molecule has 1 fully saturated rings. The summed E-state index contributed by atoms with van der Waals surface area (Å²) in [6.07, 6.45) is 4.40. The summed E-state index contributed by atoms with van der Waals surface area (Å²) in [6, 6.07) is 11.1. The van der Waals surface area contributed by atoms with Gasteiger partial charge < -0.3 is 13.7 Å². The summed E-state index contributed by atoms with van der Waals surface area (Å²) >= 11 is 0.967. The van der Waals surface area contributed by atoms with Crippen LogP contribution in [0.15, 0.2) is 51.9 Å². The molecule has 1 aliphatic heterocycles. The molecule has 7 nitrogen and oxygen atoms in total. The van der Waals surface area contributed by atoms with Crippen LogP contribution in [-0.4, -0.2) is 40.2 Å². The van der Waals surface area contributed by atoms with E-state index in [0.29, 0.717) is 23.8 Å². The highest BCUT2D eigenvalue weighted by atomic mass is 32.2. The lowest BCUT2D eigenvalue weighted by molar-refractivity contribution is -0.122. The second kappa shape index (κ2) is 8.23. The minimum absolute atomic E-state index is 0.147. The molecule has 1 aromatic carbocycles. The van der Waals surface area contributed by atoms with Crippen LogP contribution in [0.1, 0.15) is 35.2 Å². The first-order valence-corrected chi connectivity index (χ1v) is 10.3. The van der Waals surface area contributed by atoms with Gasteiger partial charge >= 0.3 is 5.97 Å². The Bertz CT molecular complexity index is 1170. The summed E-state index contributed by atoms with van der Waals surface area (Å²) in [5.41, 5.74) is 1.79. The van der Waals surface area contributed by atoms with Crippen LogP contribution < -0.4 is 0 Å². The number of nitrogens with zero attached hydrogens (tertiary/aromatic N) is 2. The molecule has 8 heteroatoms. The normalized spacial score (nSPS) is 15.5. The Morgan fingerprint density at radius 3 is 2.77 bits per heavy atom. The zero-order chi connectivity index (χ0) is 21.3. The number of aromatic nitrogens is 1. The monoisotopic (exact) mass is 424 g/mol. The van der Waals surface area contributed by atoms with E-state index >= 15 is 0 Å². The lowest BCUT2D eigenvalue weighted by Crippen LogP contribution is -2.28. The third-order valence-electron chi connectivity index (χ3n) is 4.80. The Morgan fingerprint density at radius 1 is 1.20 bits per heavy atom. The lowest BCUT2D eigenvalue weighted by Gasteiger charge is -2.09. The minimum atomic E-state index is -0.526. The molecular formula is C22H20N2O5S. The van der Waals surface area contributed by atoms with E-state index in [-0.39, 0.29) is 16.9 Å². The van der Waals surface area contributed by atoms with Gasteiger partial charge in [-0.3, -0.25) is 14.5 Å². The third kappa shape index (κ3) is 3.66. The maximum absolute atomic E-state index is 12.6. The van der Waals surface area contributed by atoms with E-state index in [1.165, 1.54) is 12.0 Å². The number of hydrogen-bond donors (Lipinski definition) is 0. The Labute approximate surface area is 177 Å². The van der Waals surface area contributed by atoms with Gasteiger partial charge in [0.25, 0.3) is 11.1 Å². The predicted octanol–water partition coefficient (Wildman–Crippen LogP) is 4.52. The average Bonchev–Trinajstić information content (AvgIpc) is 3.42. The molecule has 0 saturated carbocycles. The maximum Gasteiger partial charge on any atom is 0.373 e. The number of fused-ring (bicyclic) bond motifs is 1. The summed E-state index contributed by atoms with van der Waals surface area (Å²) < 4.78 is 12.2. The molecule has 0 spiro atoms. The van der Waals surface area contributed by atoms with Crippen molar-refractivity contribution >= 4 is 45.9 Å². The zero-order valence-electron chi connectivity index (χ0n) is 16.6. The minimum Gasteiger partial charge on any atom is -0.463 e. The van der Waals surface area contributed by atoms with E-state index in [1.54, 1.807) is 18.2 Å². The first kappa shape index (κ1) is 20.0. The highest BCUT2D eigenvalue weighted by Gasteiger charge is 2.34. The average molecular weight is 424 g/mol. The quantitative estimate of drug-likeness (QED) is 0.428. The molecule has 1 aliphatic rings. The first-order chi connectivity index (χ1) is 14.5. The number of thioether (sulfide) groups is 1. The van der Waals surface area contributed by atoms with Crippen LogP contribution in [0.4, 0.5) is 4.79 Å². The van der Waals surface area contributed by atoms with Crippen LogP contribution >= 0.6 is 11.8 Å². The van der Waals surface area contributed by atoms with Crippen LogP contribution in [-0.2, 0) is 16.1 Å². The Balaban J connectivity index is 1.68. The molecule has 3 heterocycles. The molecule has 4 rings (SSSR count). The summed E-state index contributed by atoms with van der Waals surface area (Å²) in [5.74, 6) is -0.0284. The second-order valence-corrected chi connectivity index (χ2v) is 7.81. The van der Waals surface area contributed by atoms with Gasteiger partial charge in [0.1, 0.15) is 5.76 Å². The van der Waals surface area contributed by atoms with Gasteiger partial charge in [0.2, 0.25) is 5.76 Å². The fourth-order valence-electron chi connectivity index (χ4n) is 3.42. The predicted molar refractivity (Wildman–Crippen MR) is 114 cm³/mol. The number of carbonyl (C=O) groups excluding carboxylic acids is 3. The number of carbonyl (C=O) groups is 3. The summed E-state index contributed by atoms with van der Waals surface area (Å²) in [6.45, 7) is 2.76. The van der Waals surface area contributed by atoms with Crippen molar-refractivity contribution in [2.24, 2.45) is 0 Å². The molecule has 2 amide bonds. The number of rotatable bonds is 6. The van der Waals surface area contributed by atoms with Crippen molar-refractivity contribution in [1.82, 2.24) is 9.47 Å². The zero-order valence-corrected chi connectivity index (χ0v) is 17.4. The molecule has 0 atom stereocenters. The van der Waals surface area contributed by atoms with Crippen LogP contribution in [0.2, 0.25) is 0 Å². The van der Waals surface area contributed by atoms with Crippen LogP contribution in [0.5, 0.6) is 0 Å². The van der Waals surface area contributed by atoms with Gasteiger partial charge in [-0.1, -0.05) is 25.1 Å². The van der Waals surface area contributed by atoms with Crippen molar-refractivity contribution in [2.75, 3.05) is 13.7 Å². The summed E-state index contributed by atoms with van der Waals surface area (Å²) in [7, 11) is 1.30. The van der Waals surface area contributed by atoms with E-state index in [4.69, 9.17) is 4.42 Å². The molecule has 0 radical (unpaired) electrons. The molecule has 30 heavy (non-hydrogen) atoms. The van der Waals surface area contributed by atoms with Crippen molar-refractivity contribution < 1.29 is 23.5 Å². The smallest absolute Gasteiger partial charge is 0.373 e. The van der Waals surface area contributed by atoms with Gasteiger partial charge in [-0.15, -0.1) is 0 Å². The van der Waals surface area contributed by atoms with Crippen LogP contribution in [0.25, 0.3) is 17.0 Å². The fraction of sp³-hybridized carbons (Fsp3) is 0.227. The van der Waals surface area contributed by atoms with E-state index in [1.807, 2.05) is 42.0 Å². The maximum atomic E-state index is 12.6. The van der Waals surface area contributed by atoms with E-state index < -0.39 is 5.97 Å². The van der Waals surface area contributed by atoms with Gasteiger partial charge in [0.15, 0.2) is 0 Å². The van der Waals surface area contributed by atoms with Gasteiger partial charge in [0.05, 0.1) is 18.6 Å². The fourth-order valence-corrected chi connectivity index (χ4v) is 4.28. The number of imide groups is 1. The summed E-state index contributed by atoms with van der Waals surface area (Å²) in [5, 5.41) is 0.724. The van der Waals surface area contributed by atoms with Crippen molar-refractivity contribution in [3.05, 3.63) is 64.6 Å². The van der Waals surface area contributed by atoms with Gasteiger partial charge in [-0.05, 0) is 42.5 Å². The third-order valence-corrected chi connectivity index (χ3v) is 5.71. The van der Waals surface area contributed by atoms with Crippen molar-refractivity contribution in [2.45, 2.75) is 19.9 Å². The molecule has 0 bridgehead atoms.